The summed E-state index contributed by atoms with van der Waals surface area (Å²) < 4.78 is 63.2. The molecule has 10 heteroatoms. The molecule has 0 aliphatic rings. The van der Waals surface area contributed by atoms with Crippen LogP contribution >= 0.6 is 0 Å². The van der Waals surface area contributed by atoms with E-state index in [9.17, 15) is 31.3 Å². The number of carbonyl (C=O) groups excluding carboxylic acids is 2. The quantitative estimate of drug-likeness (QED) is 0.390. The molecule has 0 spiro atoms. The minimum atomic E-state index is -6.17. The van der Waals surface area contributed by atoms with Gasteiger partial charge in [-0.05, 0) is 6.42 Å². The third kappa shape index (κ3) is 4.18. The van der Waals surface area contributed by atoms with Crippen LogP contribution in [0.4, 0.5) is 8.78 Å². The minimum Gasteiger partial charge on any atom is -0.743 e. The average molecular weight is 289 g/mol. The van der Waals surface area contributed by atoms with Gasteiger partial charge in [0.25, 0.3) is 0 Å². The fourth-order valence-electron chi connectivity index (χ4n) is 0.636. The van der Waals surface area contributed by atoms with Gasteiger partial charge in [0.15, 0.2) is 10.1 Å². The predicted molar refractivity (Wildman–Crippen MR) is 51.2 cm³/mol. The van der Waals surface area contributed by atoms with Crippen molar-refractivity contribution in [2.45, 2.75) is 25.5 Å². The first-order chi connectivity index (χ1) is 8.04. The van der Waals surface area contributed by atoms with Crippen LogP contribution in [0.25, 0.3) is 0 Å². The van der Waals surface area contributed by atoms with Crippen molar-refractivity contribution in [3.8, 4) is 0 Å². The SMILES string of the molecule is CCC(C)C(=O)OCOC(=O)C(F)(F)S(=O)(=O)[O-]. The Hall–Kier alpha value is -1.29. The Morgan fingerprint density at radius 2 is 1.83 bits per heavy atom. The summed E-state index contributed by atoms with van der Waals surface area (Å²) in [6.45, 7) is 1.96. The van der Waals surface area contributed by atoms with Gasteiger partial charge >= 0.3 is 17.2 Å². The molecule has 0 fully saturated rings. The van der Waals surface area contributed by atoms with E-state index in [1.165, 1.54) is 6.92 Å². The van der Waals surface area contributed by atoms with Crippen molar-refractivity contribution in [2.24, 2.45) is 5.92 Å². The highest BCUT2D eigenvalue weighted by Crippen LogP contribution is 2.21. The molecular formula is C8H11F2O7S-. The summed E-state index contributed by atoms with van der Waals surface area (Å²) in [5, 5.41) is -5.21. The molecule has 0 saturated heterocycles. The zero-order valence-corrected chi connectivity index (χ0v) is 10.3. The summed E-state index contributed by atoms with van der Waals surface area (Å²) in [4.78, 5) is 21.6. The molecule has 1 unspecified atom stereocenters. The molecule has 18 heavy (non-hydrogen) atoms. The van der Waals surface area contributed by atoms with Crippen LogP contribution in [0.15, 0.2) is 0 Å². The third-order valence-corrected chi connectivity index (χ3v) is 2.75. The van der Waals surface area contributed by atoms with Crippen LogP contribution in [0.2, 0.25) is 0 Å². The number of hydrogen-bond acceptors (Lipinski definition) is 7. The zero-order chi connectivity index (χ0) is 14.6. The molecule has 0 rings (SSSR count). The van der Waals surface area contributed by atoms with E-state index >= 15 is 0 Å². The van der Waals surface area contributed by atoms with Crippen molar-refractivity contribution in [2.75, 3.05) is 6.79 Å². The fraction of sp³-hybridized carbons (Fsp3) is 0.750. The van der Waals surface area contributed by atoms with Crippen LogP contribution in [0.3, 0.4) is 0 Å². The highest BCUT2D eigenvalue weighted by Gasteiger charge is 2.48. The molecule has 0 aromatic heterocycles. The lowest BCUT2D eigenvalue weighted by molar-refractivity contribution is -0.180. The summed E-state index contributed by atoms with van der Waals surface area (Å²) in [6, 6.07) is 0. The van der Waals surface area contributed by atoms with Crippen molar-refractivity contribution in [1.82, 2.24) is 0 Å². The van der Waals surface area contributed by atoms with E-state index in [2.05, 4.69) is 9.47 Å². The summed E-state index contributed by atoms with van der Waals surface area (Å²) in [5.74, 6) is -3.93. The van der Waals surface area contributed by atoms with Crippen LogP contribution in [-0.4, -0.2) is 37.0 Å². The highest BCUT2D eigenvalue weighted by atomic mass is 32.2. The number of esters is 2. The largest absolute Gasteiger partial charge is 0.743 e. The van der Waals surface area contributed by atoms with Gasteiger partial charge in [-0.2, -0.15) is 8.78 Å². The summed E-state index contributed by atoms with van der Waals surface area (Å²) >= 11 is 0. The van der Waals surface area contributed by atoms with Crippen molar-refractivity contribution in [3.63, 3.8) is 0 Å². The van der Waals surface area contributed by atoms with Crippen LogP contribution in [0.1, 0.15) is 20.3 Å². The van der Waals surface area contributed by atoms with Crippen molar-refractivity contribution in [1.29, 1.82) is 0 Å². The number of hydrogen-bond donors (Lipinski definition) is 0. The molecule has 0 bridgehead atoms. The van der Waals surface area contributed by atoms with Gasteiger partial charge in [0, 0.05) is 0 Å². The lowest BCUT2D eigenvalue weighted by atomic mass is 10.1. The van der Waals surface area contributed by atoms with Crippen LogP contribution in [0, 0.1) is 5.92 Å². The molecule has 0 radical (unpaired) electrons. The second-order valence-electron chi connectivity index (χ2n) is 3.29. The zero-order valence-electron chi connectivity index (χ0n) is 9.51. The molecule has 0 N–H and O–H groups in total. The molecule has 0 aliphatic heterocycles. The Labute approximate surface area is 102 Å². The average Bonchev–Trinajstić information content (AvgIpc) is 2.25. The predicted octanol–water partition coefficient (Wildman–Crippen LogP) is 0.214. The highest BCUT2D eigenvalue weighted by molar-refractivity contribution is 7.87. The monoisotopic (exact) mass is 289 g/mol. The number of carbonyl (C=O) groups is 2. The summed E-state index contributed by atoms with van der Waals surface area (Å²) in [5.41, 5.74) is 0. The van der Waals surface area contributed by atoms with E-state index in [1.807, 2.05) is 0 Å². The lowest BCUT2D eigenvalue weighted by Crippen LogP contribution is -2.39. The standard InChI is InChI=1S/C8H12F2O7S/c1-3-5(2)6(11)16-4-17-7(12)8(9,10)18(13,14)15/h5H,3-4H2,1-2H3,(H,13,14,15)/p-1. The summed E-state index contributed by atoms with van der Waals surface area (Å²) in [6.07, 6.45) is 0.415. The Morgan fingerprint density at radius 1 is 1.33 bits per heavy atom. The van der Waals surface area contributed by atoms with E-state index in [0.29, 0.717) is 6.42 Å². The van der Waals surface area contributed by atoms with Crippen molar-refractivity contribution < 1.29 is 40.8 Å². The first-order valence-electron chi connectivity index (χ1n) is 4.71. The first-order valence-corrected chi connectivity index (χ1v) is 6.12. The van der Waals surface area contributed by atoms with E-state index in [0.717, 1.165) is 0 Å². The molecule has 0 aromatic rings. The maximum atomic E-state index is 12.6. The normalized spacial score (nSPS) is 13.8. The number of ether oxygens (including phenoxy) is 2. The molecule has 0 heterocycles. The van der Waals surface area contributed by atoms with E-state index in [1.54, 1.807) is 6.92 Å². The smallest absolute Gasteiger partial charge is 0.429 e. The number of halogens is 2. The topological polar surface area (TPSA) is 110 Å². The van der Waals surface area contributed by atoms with Gasteiger partial charge in [0.1, 0.15) is 0 Å². The molecule has 106 valence electrons. The van der Waals surface area contributed by atoms with Gasteiger partial charge < -0.3 is 14.0 Å². The second kappa shape index (κ2) is 6.05. The van der Waals surface area contributed by atoms with Gasteiger partial charge in [-0.1, -0.05) is 13.8 Å². The molecule has 1 atom stereocenters. The first kappa shape index (κ1) is 16.7. The Bertz CT molecular complexity index is 417. The molecule has 0 amide bonds. The molecule has 0 aliphatic carbocycles. The van der Waals surface area contributed by atoms with E-state index in [-0.39, 0.29) is 0 Å². The van der Waals surface area contributed by atoms with Gasteiger partial charge in [0.2, 0.25) is 6.79 Å². The Morgan fingerprint density at radius 3 is 2.22 bits per heavy atom. The minimum absolute atomic E-state index is 0.415. The molecule has 7 nitrogen and oxygen atoms in total. The third-order valence-electron chi connectivity index (χ3n) is 1.96. The van der Waals surface area contributed by atoms with Crippen LogP contribution in [-0.2, 0) is 29.2 Å². The Balaban J connectivity index is 4.34. The summed E-state index contributed by atoms with van der Waals surface area (Å²) in [7, 11) is -6.17. The van der Waals surface area contributed by atoms with Crippen LogP contribution < -0.4 is 0 Å². The fourth-order valence-corrected chi connectivity index (χ4v) is 0.899. The second-order valence-corrected chi connectivity index (χ2v) is 4.71. The maximum Gasteiger partial charge on any atom is 0.429 e. The lowest BCUT2D eigenvalue weighted by Gasteiger charge is -2.18. The van der Waals surface area contributed by atoms with E-state index < -0.39 is 40.0 Å². The van der Waals surface area contributed by atoms with Gasteiger partial charge in [-0.25, -0.2) is 13.2 Å². The van der Waals surface area contributed by atoms with Gasteiger partial charge in [-0.15, -0.1) is 0 Å². The van der Waals surface area contributed by atoms with Gasteiger partial charge in [-0.3, -0.25) is 4.79 Å². The molecule has 0 aromatic carbocycles. The number of alkyl halides is 2. The number of rotatable bonds is 6. The van der Waals surface area contributed by atoms with Gasteiger partial charge in [0.05, 0.1) is 5.92 Å². The van der Waals surface area contributed by atoms with Crippen LogP contribution in [0.5, 0.6) is 0 Å². The molecule has 0 saturated carbocycles. The van der Waals surface area contributed by atoms with Crippen molar-refractivity contribution in [3.05, 3.63) is 0 Å². The Kier molecular flexibility index (Phi) is 5.61. The van der Waals surface area contributed by atoms with Crippen molar-refractivity contribution >= 4 is 22.1 Å². The maximum absolute atomic E-state index is 12.6. The molecular weight excluding hydrogens is 278 g/mol. The van der Waals surface area contributed by atoms with E-state index in [4.69, 9.17) is 0 Å².